The Hall–Kier alpha value is -4.23. The number of halogens is 1. The van der Waals surface area contributed by atoms with Crippen LogP contribution in [0.15, 0.2) is 43.0 Å². The molecule has 1 aromatic heterocycles. The molecule has 0 N–H and O–H groups in total. The summed E-state index contributed by atoms with van der Waals surface area (Å²) < 4.78 is 20.9. The molecule has 3 aromatic rings. The molecule has 2 aliphatic heterocycles. The van der Waals surface area contributed by atoms with Crippen LogP contribution in [0.5, 0.6) is 6.01 Å². The van der Waals surface area contributed by atoms with Gasteiger partial charge in [0.2, 0.25) is 5.91 Å². The number of nitrogens with zero attached hydrogens (tertiary/aromatic N) is 7. The number of amides is 1. The average molecular weight is 598 g/mol. The summed E-state index contributed by atoms with van der Waals surface area (Å²) in [6.07, 6.45) is 5.99. The highest BCUT2D eigenvalue weighted by Gasteiger charge is 2.33. The van der Waals surface area contributed by atoms with Crippen molar-refractivity contribution in [3.05, 3.63) is 65.6 Å². The van der Waals surface area contributed by atoms with Crippen molar-refractivity contribution in [2.24, 2.45) is 0 Å². The second-order valence-electron chi connectivity index (χ2n) is 12.1. The van der Waals surface area contributed by atoms with E-state index in [2.05, 4.69) is 40.5 Å². The van der Waals surface area contributed by atoms with E-state index in [1.54, 1.807) is 4.90 Å². The van der Waals surface area contributed by atoms with Crippen LogP contribution in [0.25, 0.3) is 10.8 Å². The molecule has 2 aromatic carbocycles. The maximum atomic E-state index is 14.7. The number of benzene rings is 2. The summed E-state index contributed by atoms with van der Waals surface area (Å²) in [5.41, 5.74) is 3.57. The lowest BCUT2D eigenvalue weighted by molar-refractivity contribution is -0.128. The standard InChI is InChI=1S/C34H40FN7O2/c1-4-31(43)42-18-17-41(21-26(42)13-15-36)33-27-14-16-40(30-10-5-7-24-11-12-28(35)23(2)32(24)30)22-29(27)37-34(38-33)44-20-19-39(3)25-8-6-9-25/h4-5,7,10-12,25-26H,1,6,8-9,13-14,16-22H2,2-3H3. The molecule has 0 spiro atoms. The van der Waals surface area contributed by atoms with Gasteiger partial charge in [0.15, 0.2) is 0 Å². The first-order chi connectivity index (χ1) is 21.4. The zero-order valence-corrected chi connectivity index (χ0v) is 25.6. The van der Waals surface area contributed by atoms with Crippen LogP contribution in [0.4, 0.5) is 15.9 Å². The lowest BCUT2D eigenvalue weighted by Crippen LogP contribution is -2.55. The fourth-order valence-corrected chi connectivity index (χ4v) is 6.72. The molecule has 0 radical (unpaired) electrons. The van der Waals surface area contributed by atoms with Crippen LogP contribution in [0.1, 0.15) is 42.5 Å². The largest absolute Gasteiger partial charge is 0.462 e. The molecular formula is C34H40FN7O2. The number of ether oxygens (including phenoxy) is 1. The fourth-order valence-electron chi connectivity index (χ4n) is 6.72. The monoisotopic (exact) mass is 597 g/mol. The predicted octanol–water partition coefficient (Wildman–Crippen LogP) is 4.62. The maximum Gasteiger partial charge on any atom is 0.318 e. The van der Waals surface area contributed by atoms with E-state index in [4.69, 9.17) is 14.7 Å². The number of piperazine rings is 1. The number of aromatic nitrogens is 2. The van der Waals surface area contributed by atoms with E-state index in [9.17, 15) is 14.4 Å². The summed E-state index contributed by atoms with van der Waals surface area (Å²) in [7, 11) is 2.14. The molecule has 230 valence electrons. The number of carbonyl (C=O) groups excluding carboxylic acids is 1. The van der Waals surface area contributed by atoms with E-state index >= 15 is 0 Å². The molecule has 1 amide bonds. The first-order valence-corrected chi connectivity index (χ1v) is 15.6. The fraction of sp³-hybridized carbons (Fsp3) is 0.471. The molecule has 9 nitrogen and oxygen atoms in total. The lowest BCUT2D eigenvalue weighted by atomic mass is 9.92. The van der Waals surface area contributed by atoms with Crippen LogP contribution in [0, 0.1) is 24.1 Å². The normalized spacial score (nSPS) is 18.6. The van der Waals surface area contributed by atoms with E-state index in [0.717, 1.165) is 46.6 Å². The number of likely N-dealkylation sites (N-methyl/N-ethyl adjacent to an activating group) is 1. The molecule has 10 heteroatoms. The summed E-state index contributed by atoms with van der Waals surface area (Å²) >= 11 is 0. The van der Waals surface area contributed by atoms with Gasteiger partial charge in [-0.15, -0.1) is 0 Å². The number of hydrogen-bond acceptors (Lipinski definition) is 8. The summed E-state index contributed by atoms with van der Waals surface area (Å²) in [6.45, 7) is 9.57. The van der Waals surface area contributed by atoms with E-state index < -0.39 is 0 Å². The van der Waals surface area contributed by atoms with E-state index in [1.807, 2.05) is 25.1 Å². The first-order valence-electron chi connectivity index (χ1n) is 15.6. The molecule has 3 heterocycles. The van der Waals surface area contributed by atoms with Crippen molar-refractivity contribution in [2.75, 3.05) is 56.2 Å². The Morgan fingerprint density at radius 1 is 1.20 bits per heavy atom. The molecule has 1 aliphatic carbocycles. The molecule has 6 rings (SSSR count). The molecular weight excluding hydrogens is 557 g/mol. The Kier molecular flexibility index (Phi) is 8.67. The van der Waals surface area contributed by atoms with Gasteiger partial charge in [0.25, 0.3) is 0 Å². The van der Waals surface area contributed by atoms with Gasteiger partial charge >= 0.3 is 6.01 Å². The number of rotatable bonds is 9. The number of carbonyl (C=O) groups is 1. The van der Waals surface area contributed by atoms with Crippen LogP contribution in [0.2, 0.25) is 0 Å². The minimum absolute atomic E-state index is 0.160. The van der Waals surface area contributed by atoms with Crippen molar-refractivity contribution < 1.29 is 13.9 Å². The first kappa shape index (κ1) is 29.8. The van der Waals surface area contributed by atoms with Gasteiger partial charge in [0, 0.05) is 55.4 Å². The van der Waals surface area contributed by atoms with Crippen LogP contribution in [-0.4, -0.2) is 84.1 Å². The second kappa shape index (κ2) is 12.8. The van der Waals surface area contributed by atoms with Gasteiger partial charge < -0.3 is 24.3 Å². The third kappa shape index (κ3) is 5.81. The predicted molar refractivity (Wildman–Crippen MR) is 169 cm³/mol. The van der Waals surface area contributed by atoms with Gasteiger partial charge in [-0.2, -0.15) is 15.2 Å². The van der Waals surface area contributed by atoms with Crippen molar-refractivity contribution in [1.82, 2.24) is 19.8 Å². The Morgan fingerprint density at radius 3 is 2.80 bits per heavy atom. The molecule has 0 bridgehead atoms. The van der Waals surface area contributed by atoms with Crippen molar-refractivity contribution in [3.63, 3.8) is 0 Å². The zero-order chi connectivity index (χ0) is 30.8. The third-order valence-electron chi connectivity index (χ3n) is 9.52. The van der Waals surface area contributed by atoms with Crippen molar-refractivity contribution >= 4 is 28.2 Å². The number of fused-ring (bicyclic) bond motifs is 2. The Balaban J connectivity index is 1.32. The summed E-state index contributed by atoms with van der Waals surface area (Å²) in [5, 5.41) is 11.4. The molecule has 3 aliphatic rings. The third-order valence-corrected chi connectivity index (χ3v) is 9.52. The molecule has 1 atom stereocenters. The van der Waals surface area contributed by atoms with Crippen molar-refractivity contribution in [1.29, 1.82) is 5.26 Å². The van der Waals surface area contributed by atoms with Gasteiger partial charge in [-0.05, 0) is 62.4 Å². The smallest absolute Gasteiger partial charge is 0.318 e. The molecule has 2 fully saturated rings. The number of hydrogen-bond donors (Lipinski definition) is 0. The zero-order valence-electron chi connectivity index (χ0n) is 25.6. The number of nitriles is 1. The maximum absolute atomic E-state index is 14.7. The van der Waals surface area contributed by atoms with Crippen molar-refractivity contribution in [3.8, 4) is 12.1 Å². The minimum atomic E-state index is -0.265. The van der Waals surface area contributed by atoms with E-state index in [1.165, 1.54) is 31.4 Å². The van der Waals surface area contributed by atoms with Gasteiger partial charge in [0.1, 0.15) is 18.2 Å². The number of anilines is 2. The quantitative estimate of drug-likeness (QED) is 0.330. The van der Waals surface area contributed by atoms with Gasteiger partial charge in [-0.3, -0.25) is 4.79 Å². The summed E-state index contributed by atoms with van der Waals surface area (Å²) in [6, 6.07) is 12.4. The van der Waals surface area contributed by atoms with E-state index in [0.29, 0.717) is 56.8 Å². The highest BCUT2D eigenvalue weighted by Crippen LogP contribution is 2.36. The highest BCUT2D eigenvalue weighted by molar-refractivity contribution is 5.97. The summed E-state index contributed by atoms with van der Waals surface area (Å²) in [5.74, 6) is 0.438. The van der Waals surface area contributed by atoms with Crippen LogP contribution in [0.3, 0.4) is 0 Å². The average Bonchev–Trinajstić information content (AvgIpc) is 3.01. The van der Waals surface area contributed by atoms with Crippen LogP contribution < -0.4 is 14.5 Å². The Morgan fingerprint density at radius 2 is 2.05 bits per heavy atom. The van der Waals surface area contributed by atoms with Crippen molar-refractivity contribution in [2.45, 2.75) is 57.7 Å². The van der Waals surface area contributed by atoms with Crippen LogP contribution >= 0.6 is 0 Å². The number of aryl methyl sites for hydroxylation is 1. The second-order valence-corrected chi connectivity index (χ2v) is 12.1. The molecule has 1 saturated carbocycles. The van der Waals surface area contributed by atoms with Gasteiger partial charge in [-0.25, -0.2) is 4.39 Å². The van der Waals surface area contributed by atoms with Gasteiger partial charge in [-0.1, -0.05) is 31.2 Å². The van der Waals surface area contributed by atoms with Gasteiger partial charge in [0.05, 0.1) is 30.8 Å². The molecule has 44 heavy (non-hydrogen) atoms. The van der Waals surface area contributed by atoms with Crippen LogP contribution in [-0.2, 0) is 17.8 Å². The molecule has 1 saturated heterocycles. The molecule has 1 unspecified atom stereocenters. The summed E-state index contributed by atoms with van der Waals surface area (Å²) in [4.78, 5) is 30.9. The van der Waals surface area contributed by atoms with E-state index in [-0.39, 0.29) is 24.2 Å². The Labute approximate surface area is 258 Å². The minimum Gasteiger partial charge on any atom is -0.462 e. The SMILES string of the molecule is C=CC(=O)N1CCN(c2nc(OCCN(C)C3CCC3)nc3c2CCN(c2cccc4ccc(F)c(C)c24)C3)CC1CC#N. The topological polar surface area (TPSA) is 88.8 Å². The Bertz CT molecular complexity index is 1600. The highest BCUT2D eigenvalue weighted by atomic mass is 19.1. The lowest BCUT2D eigenvalue weighted by Gasteiger charge is -2.42.